The number of nitrogens with zero attached hydrogens (tertiary/aromatic N) is 8. The van der Waals surface area contributed by atoms with E-state index in [1.54, 1.807) is 18.2 Å². The van der Waals surface area contributed by atoms with Crippen molar-refractivity contribution < 1.29 is 4.79 Å². The van der Waals surface area contributed by atoms with Gasteiger partial charge in [-0.15, -0.1) is 15.3 Å². The summed E-state index contributed by atoms with van der Waals surface area (Å²) >= 11 is 6.13. The van der Waals surface area contributed by atoms with Crippen molar-refractivity contribution in [3.8, 4) is 17.1 Å². The highest BCUT2D eigenvalue weighted by atomic mass is 35.5. The van der Waals surface area contributed by atoms with E-state index in [0.29, 0.717) is 22.1 Å². The van der Waals surface area contributed by atoms with E-state index in [2.05, 4.69) is 36.3 Å². The van der Waals surface area contributed by atoms with Crippen molar-refractivity contribution in [2.45, 2.75) is 20.4 Å². The smallest absolute Gasteiger partial charge is 0.248 e. The van der Waals surface area contributed by atoms with Crippen LogP contribution in [0.15, 0.2) is 42.7 Å². The molecule has 4 aromatic rings. The maximum Gasteiger partial charge on any atom is 0.248 e. The first kappa shape index (κ1) is 18.7. The number of tetrazole rings is 2. The normalized spacial score (nSPS) is 10.9. The molecule has 0 unspecified atom stereocenters. The number of benzene rings is 2. The number of halogens is 1. The third-order valence-electron chi connectivity index (χ3n) is 4.20. The number of carbonyl (C=O) groups is 1. The summed E-state index contributed by atoms with van der Waals surface area (Å²) in [5, 5.41) is 26.9. The summed E-state index contributed by atoms with van der Waals surface area (Å²) in [7, 11) is 0. The fraction of sp³-hybridized carbons (Fsp3) is 0.167. The van der Waals surface area contributed by atoms with Crippen LogP contribution in [-0.4, -0.2) is 46.3 Å². The largest absolute Gasteiger partial charge is 0.324 e. The third kappa shape index (κ3) is 4.11. The van der Waals surface area contributed by atoms with Gasteiger partial charge >= 0.3 is 0 Å². The first-order valence-electron chi connectivity index (χ1n) is 8.68. The van der Waals surface area contributed by atoms with Crippen LogP contribution in [0, 0.1) is 13.8 Å². The van der Waals surface area contributed by atoms with Gasteiger partial charge in [-0.25, -0.2) is 0 Å². The van der Waals surface area contributed by atoms with E-state index in [1.807, 2.05) is 32.0 Å². The van der Waals surface area contributed by atoms with Gasteiger partial charge in [0, 0.05) is 10.7 Å². The standard InChI is InChI=1S/C18H16ClN9O/c1-11-3-4-12(2)15(7-11)21-17(29)9-28-23-18(22-25-28)14-8-13(19)5-6-16(14)27-10-20-24-26-27/h3-8,10H,9H2,1-2H3,(H,21,29). The highest BCUT2D eigenvalue weighted by Gasteiger charge is 2.16. The van der Waals surface area contributed by atoms with E-state index < -0.39 is 0 Å². The van der Waals surface area contributed by atoms with E-state index in [1.165, 1.54) is 15.8 Å². The van der Waals surface area contributed by atoms with Crippen molar-refractivity contribution in [1.29, 1.82) is 0 Å². The highest BCUT2D eigenvalue weighted by Crippen LogP contribution is 2.26. The van der Waals surface area contributed by atoms with Gasteiger partial charge in [-0.05, 0) is 64.9 Å². The van der Waals surface area contributed by atoms with Crippen molar-refractivity contribution in [2.75, 3.05) is 5.32 Å². The second-order valence-corrected chi connectivity index (χ2v) is 6.86. The molecule has 0 aliphatic rings. The highest BCUT2D eigenvalue weighted by molar-refractivity contribution is 6.31. The molecule has 2 heterocycles. The molecule has 2 aromatic heterocycles. The fourth-order valence-corrected chi connectivity index (χ4v) is 2.94. The Hall–Kier alpha value is -3.66. The zero-order chi connectivity index (χ0) is 20.4. The zero-order valence-electron chi connectivity index (χ0n) is 15.6. The van der Waals surface area contributed by atoms with Crippen LogP contribution in [0.5, 0.6) is 0 Å². The molecular formula is C18H16ClN9O. The van der Waals surface area contributed by atoms with Gasteiger partial charge < -0.3 is 5.32 Å². The van der Waals surface area contributed by atoms with Crippen LogP contribution in [-0.2, 0) is 11.3 Å². The minimum Gasteiger partial charge on any atom is -0.324 e. The van der Waals surface area contributed by atoms with Crippen molar-refractivity contribution in [3.05, 3.63) is 58.9 Å². The van der Waals surface area contributed by atoms with E-state index >= 15 is 0 Å². The average molecular weight is 410 g/mol. The second kappa shape index (κ2) is 7.76. The van der Waals surface area contributed by atoms with E-state index in [-0.39, 0.29) is 12.5 Å². The Bertz CT molecular complexity index is 1170. The van der Waals surface area contributed by atoms with Crippen LogP contribution in [0.2, 0.25) is 5.02 Å². The number of aromatic nitrogens is 8. The predicted octanol–water partition coefficient (Wildman–Crippen LogP) is 2.22. The lowest BCUT2D eigenvalue weighted by atomic mass is 10.1. The maximum absolute atomic E-state index is 12.4. The number of amides is 1. The van der Waals surface area contributed by atoms with Gasteiger partial charge in [-0.3, -0.25) is 4.79 Å². The van der Waals surface area contributed by atoms with E-state index in [4.69, 9.17) is 11.6 Å². The van der Waals surface area contributed by atoms with Gasteiger partial charge in [-0.2, -0.15) is 9.48 Å². The van der Waals surface area contributed by atoms with Crippen LogP contribution in [0.4, 0.5) is 5.69 Å². The Balaban J connectivity index is 1.56. The van der Waals surface area contributed by atoms with Crippen LogP contribution in [0.1, 0.15) is 11.1 Å². The molecule has 0 atom stereocenters. The summed E-state index contributed by atoms with van der Waals surface area (Å²) < 4.78 is 1.47. The molecule has 1 N–H and O–H groups in total. The van der Waals surface area contributed by atoms with Crippen LogP contribution >= 0.6 is 11.6 Å². The van der Waals surface area contributed by atoms with Crippen LogP contribution < -0.4 is 5.32 Å². The minimum atomic E-state index is -0.255. The van der Waals surface area contributed by atoms with Gasteiger partial charge in [-0.1, -0.05) is 23.7 Å². The van der Waals surface area contributed by atoms with Gasteiger partial charge in [0.1, 0.15) is 12.9 Å². The number of hydrogen-bond acceptors (Lipinski definition) is 7. The molecular weight excluding hydrogens is 394 g/mol. The van der Waals surface area contributed by atoms with Gasteiger partial charge in [0.15, 0.2) is 0 Å². The monoisotopic (exact) mass is 409 g/mol. The summed E-state index contributed by atoms with van der Waals surface area (Å²) in [6, 6.07) is 11.0. The average Bonchev–Trinajstić information content (AvgIpc) is 3.37. The Morgan fingerprint density at radius 1 is 1.14 bits per heavy atom. The summed E-state index contributed by atoms with van der Waals surface area (Å²) in [6.07, 6.45) is 1.45. The maximum atomic E-state index is 12.4. The lowest BCUT2D eigenvalue weighted by Gasteiger charge is -2.08. The number of hydrogen-bond donors (Lipinski definition) is 1. The number of anilines is 1. The zero-order valence-corrected chi connectivity index (χ0v) is 16.4. The fourth-order valence-electron chi connectivity index (χ4n) is 2.77. The van der Waals surface area contributed by atoms with Crippen LogP contribution in [0.3, 0.4) is 0 Å². The molecule has 11 heteroatoms. The molecule has 0 bridgehead atoms. The molecule has 0 saturated carbocycles. The summed E-state index contributed by atoms with van der Waals surface area (Å²) in [4.78, 5) is 13.6. The molecule has 0 spiro atoms. The predicted molar refractivity (Wildman–Crippen MR) is 106 cm³/mol. The molecule has 0 fully saturated rings. The van der Waals surface area contributed by atoms with E-state index in [0.717, 1.165) is 16.8 Å². The van der Waals surface area contributed by atoms with Crippen molar-refractivity contribution in [2.24, 2.45) is 0 Å². The van der Waals surface area contributed by atoms with Gasteiger partial charge in [0.25, 0.3) is 0 Å². The molecule has 0 radical (unpaired) electrons. The summed E-state index contributed by atoms with van der Waals surface area (Å²) in [6.45, 7) is 3.81. The summed E-state index contributed by atoms with van der Waals surface area (Å²) in [5.41, 5.74) is 4.01. The Kier molecular flexibility index (Phi) is 5.00. The summed E-state index contributed by atoms with van der Waals surface area (Å²) in [5.74, 6) is 0.0481. The molecule has 0 saturated heterocycles. The number of aryl methyl sites for hydroxylation is 2. The molecule has 4 rings (SSSR count). The second-order valence-electron chi connectivity index (χ2n) is 6.43. The molecule has 2 aromatic carbocycles. The van der Waals surface area contributed by atoms with Gasteiger partial charge in [0.05, 0.1) is 11.3 Å². The molecule has 146 valence electrons. The Morgan fingerprint density at radius 3 is 2.79 bits per heavy atom. The third-order valence-corrected chi connectivity index (χ3v) is 4.44. The number of nitrogens with one attached hydrogen (secondary N) is 1. The van der Waals surface area contributed by atoms with Crippen LogP contribution in [0.25, 0.3) is 17.1 Å². The quantitative estimate of drug-likeness (QED) is 0.537. The molecule has 29 heavy (non-hydrogen) atoms. The molecule has 1 amide bonds. The Morgan fingerprint density at radius 2 is 2.00 bits per heavy atom. The first-order valence-corrected chi connectivity index (χ1v) is 9.05. The lowest BCUT2D eigenvalue weighted by molar-refractivity contribution is -0.117. The molecule has 0 aliphatic heterocycles. The van der Waals surface area contributed by atoms with E-state index in [9.17, 15) is 4.79 Å². The Labute approximate surface area is 170 Å². The minimum absolute atomic E-state index is 0.0822. The number of rotatable bonds is 5. The lowest BCUT2D eigenvalue weighted by Crippen LogP contribution is -2.21. The van der Waals surface area contributed by atoms with Crippen molar-refractivity contribution >= 4 is 23.2 Å². The molecule has 0 aliphatic carbocycles. The SMILES string of the molecule is Cc1ccc(C)c(NC(=O)Cn2nnc(-c3cc(Cl)ccc3-n3cnnn3)n2)c1. The number of carbonyl (C=O) groups excluding carboxylic acids is 1. The molecule has 10 nitrogen and oxygen atoms in total. The first-order chi connectivity index (χ1) is 14.0. The topological polar surface area (TPSA) is 116 Å². The van der Waals surface area contributed by atoms with Crippen molar-refractivity contribution in [1.82, 2.24) is 40.4 Å². The van der Waals surface area contributed by atoms with Crippen molar-refractivity contribution in [3.63, 3.8) is 0 Å². The van der Waals surface area contributed by atoms with Gasteiger partial charge in [0.2, 0.25) is 11.7 Å².